The Morgan fingerprint density at radius 1 is 1.21 bits per heavy atom. The average molecular weight is 488 g/mol. The molecule has 0 atom stereocenters. The molecule has 0 saturated carbocycles. The monoisotopic (exact) mass is 487 g/mol. The van der Waals surface area contributed by atoms with Crippen molar-refractivity contribution in [2.75, 3.05) is 5.32 Å². The molecule has 176 valence electrons. The Labute approximate surface area is 197 Å². The number of pyridine rings is 1. The van der Waals surface area contributed by atoms with Gasteiger partial charge in [0, 0.05) is 17.6 Å². The van der Waals surface area contributed by atoms with Crippen LogP contribution >= 0.6 is 11.6 Å². The first-order valence-corrected chi connectivity index (χ1v) is 10.6. The number of anilines is 1. The topological polar surface area (TPSA) is 118 Å². The number of aromatic nitrogens is 5. The van der Waals surface area contributed by atoms with Crippen molar-refractivity contribution < 1.29 is 18.4 Å². The fraction of sp³-hybridized carbons (Fsp3) is 0.227. The van der Waals surface area contributed by atoms with Crippen molar-refractivity contribution in [1.82, 2.24) is 30.3 Å². The number of hydrogen-bond donors (Lipinski definition) is 3. The highest BCUT2D eigenvalue weighted by atomic mass is 35.5. The van der Waals surface area contributed by atoms with Gasteiger partial charge in [0.15, 0.2) is 5.82 Å². The number of amides is 2. The average Bonchev–Trinajstić information content (AvgIpc) is 3.41. The normalized spacial score (nSPS) is 11.4. The lowest BCUT2D eigenvalue weighted by atomic mass is 10.0. The molecule has 3 N–H and O–H groups in total. The predicted molar refractivity (Wildman–Crippen MR) is 123 cm³/mol. The second-order valence-corrected chi connectivity index (χ2v) is 8.24. The molecule has 3 heterocycles. The molecule has 0 fully saturated rings. The number of H-pyrrole nitrogens is 1. The molecule has 34 heavy (non-hydrogen) atoms. The second-order valence-electron chi connectivity index (χ2n) is 7.84. The Morgan fingerprint density at radius 3 is 2.65 bits per heavy atom. The van der Waals surface area contributed by atoms with Crippen LogP contribution in [0.4, 0.5) is 14.5 Å². The Bertz CT molecular complexity index is 1400. The van der Waals surface area contributed by atoms with Gasteiger partial charge in [-0.2, -0.15) is 10.2 Å². The summed E-state index contributed by atoms with van der Waals surface area (Å²) in [5.41, 5.74) is 0.533. The molecule has 2 amide bonds. The number of halogens is 3. The number of aryl methyl sites for hydroxylation is 1. The number of alkyl halides is 2. The van der Waals surface area contributed by atoms with Gasteiger partial charge in [-0.15, -0.1) is 0 Å². The Hall–Kier alpha value is -3.86. The number of nitrogens with one attached hydrogen (secondary N) is 3. The van der Waals surface area contributed by atoms with Gasteiger partial charge in [0.25, 0.3) is 18.2 Å². The molecule has 0 aliphatic carbocycles. The van der Waals surface area contributed by atoms with Crippen LogP contribution < -0.4 is 10.6 Å². The van der Waals surface area contributed by atoms with E-state index in [2.05, 4.69) is 30.9 Å². The maximum absolute atomic E-state index is 13.4. The van der Waals surface area contributed by atoms with Crippen LogP contribution in [0, 0.1) is 6.92 Å². The summed E-state index contributed by atoms with van der Waals surface area (Å²) >= 11 is 6.17. The molecule has 1 aromatic carbocycles. The fourth-order valence-electron chi connectivity index (χ4n) is 3.50. The quantitative estimate of drug-likeness (QED) is 0.372. The van der Waals surface area contributed by atoms with Crippen molar-refractivity contribution in [3.8, 4) is 5.82 Å². The highest BCUT2D eigenvalue weighted by molar-refractivity contribution is 6.32. The molecule has 0 spiro atoms. The fourth-order valence-corrected chi connectivity index (χ4v) is 3.70. The Kier molecular flexibility index (Phi) is 6.29. The summed E-state index contributed by atoms with van der Waals surface area (Å²) in [6.07, 6.45) is 0.0375. The van der Waals surface area contributed by atoms with Crippen LogP contribution in [-0.4, -0.2) is 42.8 Å². The third-order valence-corrected chi connectivity index (χ3v) is 5.24. The van der Waals surface area contributed by atoms with E-state index < -0.39 is 23.9 Å². The van der Waals surface area contributed by atoms with E-state index in [0.717, 1.165) is 10.7 Å². The van der Waals surface area contributed by atoms with Crippen LogP contribution in [0.25, 0.3) is 16.7 Å². The summed E-state index contributed by atoms with van der Waals surface area (Å²) in [4.78, 5) is 30.4. The summed E-state index contributed by atoms with van der Waals surface area (Å²) in [5, 5.41) is 16.9. The van der Waals surface area contributed by atoms with E-state index in [1.165, 1.54) is 12.3 Å². The summed E-state index contributed by atoms with van der Waals surface area (Å²) < 4.78 is 27.8. The van der Waals surface area contributed by atoms with Gasteiger partial charge in [-0.25, -0.2) is 18.4 Å². The minimum absolute atomic E-state index is 0.0136. The highest BCUT2D eigenvalue weighted by Gasteiger charge is 2.26. The van der Waals surface area contributed by atoms with Crippen molar-refractivity contribution in [2.24, 2.45) is 0 Å². The summed E-state index contributed by atoms with van der Waals surface area (Å²) in [5.74, 6) is -1.20. The lowest BCUT2D eigenvalue weighted by Crippen LogP contribution is -2.31. The van der Waals surface area contributed by atoms with Crippen LogP contribution in [-0.2, 0) is 0 Å². The van der Waals surface area contributed by atoms with Gasteiger partial charge in [-0.3, -0.25) is 14.7 Å². The van der Waals surface area contributed by atoms with E-state index >= 15 is 0 Å². The van der Waals surface area contributed by atoms with E-state index in [9.17, 15) is 18.4 Å². The molecule has 0 bridgehead atoms. The maximum atomic E-state index is 13.4. The Balaban J connectivity index is 1.83. The van der Waals surface area contributed by atoms with Gasteiger partial charge in [-0.05, 0) is 50.6 Å². The Morgan fingerprint density at radius 2 is 1.97 bits per heavy atom. The molecule has 4 rings (SSSR count). The number of fused-ring (bicyclic) bond motifs is 1. The SMILES string of the molecule is Cc1cc2cn[nH]c2c(C(=O)NC(C)C)c1NC(=O)c1cc(C(F)F)nn1-c1ncccc1Cl. The van der Waals surface area contributed by atoms with E-state index in [-0.39, 0.29) is 33.8 Å². The van der Waals surface area contributed by atoms with Gasteiger partial charge in [0.05, 0.1) is 28.0 Å². The molecule has 0 radical (unpaired) electrons. The van der Waals surface area contributed by atoms with Crippen molar-refractivity contribution in [3.63, 3.8) is 0 Å². The number of nitrogens with zero attached hydrogens (tertiary/aromatic N) is 4. The largest absolute Gasteiger partial charge is 0.350 e. The molecule has 0 saturated heterocycles. The second kappa shape index (κ2) is 9.18. The van der Waals surface area contributed by atoms with Crippen LogP contribution in [0.3, 0.4) is 0 Å². The van der Waals surface area contributed by atoms with Gasteiger partial charge in [0.1, 0.15) is 11.4 Å². The maximum Gasteiger partial charge on any atom is 0.282 e. The zero-order valence-electron chi connectivity index (χ0n) is 18.4. The number of aromatic amines is 1. The highest BCUT2D eigenvalue weighted by Crippen LogP contribution is 2.30. The van der Waals surface area contributed by atoms with Gasteiger partial charge in [-0.1, -0.05) is 11.6 Å². The van der Waals surface area contributed by atoms with Crippen molar-refractivity contribution in [3.05, 3.63) is 64.2 Å². The van der Waals surface area contributed by atoms with E-state index in [1.54, 1.807) is 39.1 Å². The van der Waals surface area contributed by atoms with Crippen LogP contribution in [0.1, 0.15) is 52.4 Å². The van der Waals surface area contributed by atoms with E-state index in [4.69, 9.17) is 11.6 Å². The lowest BCUT2D eigenvalue weighted by Gasteiger charge is -2.17. The molecule has 0 aliphatic rings. The van der Waals surface area contributed by atoms with E-state index in [0.29, 0.717) is 16.5 Å². The van der Waals surface area contributed by atoms with Gasteiger partial charge < -0.3 is 10.6 Å². The standard InChI is InChI=1S/C22H20ClF2N7O2/c1-10(2)28-22(34)16-17(11(3)7-12-9-27-30-18(12)16)29-21(33)15-8-14(19(24)25)31-32(15)20-13(23)5-4-6-26-20/h4-10,19H,1-3H3,(H,27,30)(H,28,34)(H,29,33). The number of carbonyl (C=O) groups is 2. The number of benzene rings is 1. The van der Waals surface area contributed by atoms with Crippen molar-refractivity contribution in [2.45, 2.75) is 33.2 Å². The first kappa shape index (κ1) is 23.3. The molecule has 4 aromatic rings. The molecule has 9 nitrogen and oxygen atoms in total. The van der Waals surface area contributed by atoms with Gasteiger partial charge >= 0.3 is 0 Å². The van der Waals surface area contributed by atoms with Crippen molar-refractivity contribution >= 4 is 40.0 Å². The zero-order valence-corrected chi connectivity index (χ0v) is 19.1. The molecule has 0 unspecified atom stereocenters. The number of hydrogen-bond acceptors (Lipinski definition) is 5. The van der Waals surface area contributed by atoms with Crippen molar-refractivity contribution in [1.29, 1.82) is 0 Å². The summed E-state index contributed by atoms with van der Waals surface area (Å²) in [6, 6.07) is 5.60. The molecule has 12 heteroatoms. The first-order valence-electron chi connectivity index (χ1n) is 10.2. The predicted octanol–water partition coefficient (Wildman–Crippen LogP) is 4.43. The number of carbonyl (C=O) groups excluding carboxylic acids is 2. The third-order valence-electron chi connectivity index (χ3n) is 4.94. The van der Waals surface area contributed by atoms with Crippen LogP contribution in [0.5, 0.6) is 0 Å². The molecular weight excluding hydrogens is 468 g/mol. The van der Waals surface area contributed by atoms with Gasteiger partial charge in [0.2, 0.25) is 0 Å². The summed E-state index contributed by atoms with van der Waals surface area (Å²) in [6.45, 7) is 5.32. The minimum atomic E-state index is -2.93. The molecule has 3 aromatic heterocycles. The minimum Gasteiger partial charge on any atom is -0.350 e. The smallest absolute Gasteiger partial charge is 0.282 e. The first-order chi connectivity index (χ1) is 16.2. The third kappa shape index (κ3) is 4.34. The molecule has 0 aliphatic heterocycles. The van der Waals surface area contributed by atoms with E-state index in [1.807, 2.05) is 0 Å². The summed E-state index contributed by atoms with van der Waals surface area (Å²) in [7, 11) is 0. The lowest BCUT2D eigenvalue weighted by molar-refractivity contribution is 0.0945. The zero-order chi connectivity index (χ0) is 24.6. The van der Waals surface area contributed by atoms with Crippen LogP contribution in [0.15, 0.2) is 36.7 Å². The molecular formula is C22H20ClF2N7O2. The number of rotatable bonds is 6. The van der Waals surface area contributed by atoms with Crippen LogP contribution in [0.2, 0.25) is 5.02 Å².